The molecule has 6 rings (SSSR count). The van der Waals surface area contributed by atoms with Crippen LogP contribution in [0, 0.1) is 19.8 Å². The smallest absolute Gasteiger partial charge is 0.161 e. The number of aryl methyl sites for hydroxylation is 2. The predicted molar refractivity (Wildman–Crippen MR) is 138 cm³/mol. The van der Waals surface area contributed by atoms with Crippen LogP contribution in [0.1, 0.15) is 41.5 Å². The molecule has 36 heavy (non-hydrogen) atoms. The Bertz CT molecular complexity index is 1590. The number of pyridine rings is 1. The third kappa shape index (κ3) is 4.24. The Morgan fingerprint density at radius 2 is 1.94 bits per heavy atom. The second-order valence-electron chi connectivity index (χ2n) is 9.42. The van der Waals surface area contributed by atoms with E-state index < -0.39 is 0 Å². The van der Waals surface area contributed by atoms with Crippen LogP contribution in [-0.2, 0) is 6.54 Å². The van der Waals surface area contributed by atoms with E-state index in [1.54, 1.807) is 13.3 Å². The molecule has 0 saturated heterocycles. The molecule has 0 radical (unpaired) electrons. The fraction of sp³-hybridized carbons (Fsp3) is 0.259. The quantitative estimate of drug-likeness (QED) is 0.327. The fourth-order valence-corrected chi connectivity index (χ4v) is 4.37. The van der Waals surface area contributed by atoms with Gasteiger partial charge in [0.15, 0.2) is 11.6 Å². The minimum absolute atomic E-state index is 0.0243. The first kappa shape index (κ1) is 22.1. The summed E-state index contributed by atoms with van der Waals surface area (Å²) in [5, 5.41) is 16.2. The minimum atomic E-state index is -0.0243. The van der Waals surface area contributed by atoms with Gasteiger partial charge in [-0.3, -0.25) is 14.0 Å². The van der Waals surface area contributed by atoms with Crippen molar-refractivity contribution < 1.29 is 4.79 Å². The highest BCUT2D eigenvalue weighted by atomic mass is 16.1. The van der Waals surface area contributed by atoms with E-state index in [4.69, 9.17) is 4.98 Å². The Morgan fingerprint density at radius 1 is 1.08 bits per heavy atom. The third-order valence-corrected chi connectivity index (χ3v) is 6.47. The lowest BCUT2D eigenvalue weighted by atomic mass is 10.0. The molecule has 180 valence electrons. The van der Waals surface area contributed by atoms with Crippen molar-refractivity contribution in [2.24, 2.45) is 5.92 Å². The van der Waals surface area contributed by atoms with Gasteiger partial charge in [-0.2, -0.15) is 10.2 Å². The molecule has 4 aromatic heterocycles. The van der Waals surface area contributed by atoms with Crippen molar-refractivity contribution in [3.05, 3.63) is 71.9 Å². The van der Waals surface area contributed by atoms with Crippen LogP contribution in [0.15, 0.2) is 55.0 Å². The van der Waals surface area contributed by atoms with Crippen LogP contribution in [0.5, 0.6) is 0 Å². The molecule has 1 aliphatic carbocycles. The van der Waals surface area contributed by atoms with E-state index in [2.05, 4.69) is 25.6 Å². The van der Waals surface area contributed by atoms with Crippen molar-refractivity contribution >= 4 is 28.3 Å². The summed E-state index contributed by atoms with van der Waals surface area (Å²) in [5.74, 6) is 2.04. The standard InChI is InChI=1S/C27H26N8O/c1-16-4-10-25(32-31-16)29-20-7-9-24-23(12-20)28-15-35(24)26-11-8-21(18(3)36)27(30-26)22-14-34(33-17(22)2)13-19-5-6-19/h4,7-12,14-15,19H,5-6,13H2,1-3H3,(H,29,32). The van der Waals surface area contributed by atoms with E-state index in [1.807, 2.05) is 71.8 Å². The summed E-state index contributed by atoms with van der Waals surface area (Å²) in [5.41, 5.74) is 6.44. The number of Topliss-reactive ketones (excluding diaryl/α,β-unsaturated/α-hetero) is 1. The van der Waals surface area contributed by atoms with E-state index in [0.29, 0.717) is 28.8 Å². The van der Waals surface area contributed by atoms with E-state index >= 15 is 0 Å². The number of rotatable bonds is 7. The Kier molecular flexibility index (Phi) is 5.32. The van der Waals surface area contributed by atoms with Crippen molar-refractivity contribution in [3.8, 4) is 17.1 Å². The molecule has 1 aliphatic rings. The second-order valence-corrected chi connectivity index (χ2v) is 9.42. The number of fused-ring (bicyclic) bond motifs is 1. The Labute approximate surface area is 208 Å². The molecule has 9 heteroatoms. The van der Waals surface area contributed by atoms with Crippen LogP contribution in [0.2, 0.25) is 0 Å². The zero-order valence-electron chi connectivity index (χ0n) is 20.4. The first-order valence-electron chi connectivity index (χ1n) is 12.1. The molecule has 0 unspecified atom stereocenters. The fourth-order valence-electron chi connectivity index (χ4n) is 4.37. The van der Waals surface area contributed by atoms with Crippen LogP contribution >= 0.6 is 0 Å². The van der Waals surface area contributed by atoms with Gasteiger partial charge < -0.3 is 5.32 Å². The van der Waals surface area contributed by atoms with E-state index in [1.165, 1.54) is 12.8 Å². The highest BCUT2D eigenvalue weighted by Gasteiger charge is 2.24. The number of anilines is 2. The zero-order valence-corrected chi connectivity index (χ0v) is 20.4. The average Bonchev–Trinajstić information content (AvgIpc) is 3.46. The number of carbonyl (C=O) groups excluding carboxylic acids is 1. The van der Waals surface area contributed by atoms with Gasteiger partial charge in [-0.15, -0.1) is 5.10 Å². The van der Waals surface area contributed by atoms with Crippen LogP contribution in [0.3, 0.4) is 0 Å². The lowest BCUT2D eigenvalue weighted by Gasteiger charge is -2.10. The summed E-state index contributed by atoms with van der Waals surface area (Å²) >= 11 is 0. The van der Waals surface area contributed by atoms with Crippen LogP contribution < -0.4 is 5.32 Å². The number of aromatic nitrogens is 7. The first-order valence-corrected chi connectivity index (χ1v) is 12.1. The summed E-state index contributed by atoms with van der Waals surface area (Å²) in [6.45, 7) is 6.35. The zero-order chi connectivity index (χ0) is 24.8. The largest absolute Gasteiger partial charge is 0.339 e. The maximum absolute atomic E-state index is 12.5. The molecule has 9 nitrogen and oxygen atoms in total. The first-order chi connectivity index (χ1) is 17.4. The van der Waals surface area contributed by atoms with E-state index in [9.17, 15) is 4.79 Å². The average molecular weight is 479 g/mol. The molecule has 0 amide bonds. The van der Waals surface area contributed by atoms with Gasteiger partial charge in [0.2, 0.25) is 0 Å². The maximum atomic E-state index is 12.5. The lowest BCUT2D eigenvalue weighted by Crippen LogP contribution is -2.04. The second kappa shape index (κ2) is 8.67. The molecule has 4 heterocycles. The van der Waals surface area contributed by atoms with Crippen LogP contribution in [0.4, 0.5) is 11.5 Å². The van der Waals surface area contributed by atoms with Gasteiger partial charge in [-0.25, -0.2) is 9.97 Å². The predicted octanol–water partition coefficient (Wildman–Crippen LogP) is 5.05. The van der Waals surface area contributed by atoms with Crippen molar-refractivity contribution in [2.75, 3.05) is 5.32 Å². The monoisotopic (exact) mass is 478 g/mol. The molecular formula is C27H26N8O. The van der Waals surface area contributed by atoms with Gasteiger partial charge in [0.05, 0.1) is 28.1 Å². The maximum Gasteiger partial charge on any atom is 0.161 e. The molecule has 0 spiro atoms. The highest BCUT2D eigenvalue weighted by molar-refractivity contribution is 6.00. The Hall–Kier alpha value is -4.40. The number of nitrogens with zero attached hydrogens (tertiary/aromatic N) is 7. The van der Waals surface area contributed by atoms with E-state index in [0.717, 1.165) is 40.2 Å². The van der Waals surface area contributed by atoms with Crippen LogP contribution in [0.25, 0.3) is 28.1 Å². The SMILES string of the molecule is CC(=O)c1ccc(-n2cnc3cc(Nc4ccc(C)nn4)ccc32)nc1-c1cn(CC2CC2)nc1C. The van der Waals surface area contributed by atoms with Gasteiger partial charge >= 0.3 is 0 Å². The molecule has 0 bridgehead atoms. The molecule has 0 atom stereocenters. The summed E-state index contributed by atoms with van der Waals surface area (Å²) < 4.78 is 3.92. The normalized spacial score (nSPS) is 13.3. The number of carbonyl (C=O) groups is 1. The van der Waals surface area contributed by atoms with Crippen LogP contribution in [-0.4, -0.2) is 40.3 Å². The van der Waals surface area contributed by atoms with Gasteiger partial charge in [0, 0.05) is 29.6 Å². The molecule has 0 aliphatic heterocycles. The number of hydrogen-bond acceptors (Lipinski definition) is 7. The van der Waals surface area contributed by atoms with Gasteiger partial charge in [-0.1, -0.05) is 0 Å². The molecule has 5 aromatic rings. The minimum Gasteiger partial charge on any atom is -0.339 e. The number of benzene rings is 1. The number of ketones is 1. The molecule has 1 aromatic carbocycles. The number of nitrogens with one attached hydrogen (secondary N) is 1. The molecule has 1 N–H and O–H groups in total. The number of hydrogen-bond donors (Lipinski definition) is 1. The topological polar surface area (TPSA) is 103 Å². The Balaban J connectivity index is 1.36. The Morgan fingerprint density at radius 3 is 2.69 bits per heavy atom. The summed E-state index contributed by atoms with van der Waals surface area (Å²) in [6, 6.07) is 13.4. The van der Waals surface area contributed by atoms with E-state index in [-0.39, 0.29) is 5.78 Å². The summed E-state index contributed by atoms with van der Waals surface area (Å²) in [7, 11) is 0. The highest BCUT2D eigenvalue weighted by Crippen LogP contribution is 2.32. The van der Waals surface area contributed by atoms with Crippen molar-refractivity contribution in [2.45, 2.75) is 40.2 Å². The molecular weight excluding hydrogens is 452 g/mol. The summed E-state index contributed by atoms with van der Waals surface area (Å²) in [6.07, 6.45) is 6.28. The summed E-state index contributed by atoms with van der Waals surface area (Å²) in [4.78, 5) is 22.0. The van der Waals surface area contributed by atoms with Crippen molar-refractivity contribution in [1.82, 2.24) is 34.5 Å². The lowest BCUT2D eigenvalue weighted by molar-refractivity contribution is 0.101. The number of imidazole rings is 1. The van der Waals surface area contributed by atoms with Crippen molar-refractivity contribution in [3.63, 3.8) is 0 Å². The van der Waals surface area contributed by atoms with Gasteiger partial charge in [-0.05, 0) is 82.0 Å². The van der Waals surface area contributed by atoms with Gasteiger partial charge in [0.25, 0.3) is 0 Å². The third-order valence-electron chi connectivity index (χ3n) is 6.47. The molecule has 1 fully saturated rings. The van der Waals surface area contributed by atoms with Gasteiger partial charge in [0.1, 0.15) is 12.1 Å². The molecule has 1 saturated carbocycles. The van der Waals surface area contributed by atoms with Crippen molar-refractivity contribution in [1.29, 1.82) is 0 Å².